The van der Waals surface area contributed by atoms with Crippen LogP contribution in [0.4, 0.5) is 13.2 Å². The number of hydrogen-bond acceptors (Lipinski definition) is 3. The largest absolute Gasteiger partial charge is 0.465 e. The summed E-state index contributed by atoms with van der Waals surface area (Å²) in [5.41, 5.74) is 0.680. The van der Waals surface area contributed by atoms with Gasteiger partial charge in [0.1, 0.15) is 11.3 Å². The van der Waals surface area contributed by atoms with E-state index in [-0.39, 0.29) is 17.7 Å². The van der Waals surface area contributed by atoms with Crippen LogP contribution in [0.3, 0.4) is 0 Å². The van der Waals surface area contributed by atoms with Crippen molar-refractivity contribution in [2.24, 2.45) is 0 Å². The summed E-state index contributed by atoms with van der Waals surface area (Å²) >= 11 is 3.32. The van der Waals surface area contributed by atoms with Crippen LogP contribution in [-0.2, 0) is 17.3 Å². The van der Waals surface area contributed by atoms with Gasteiger partial charge in [-0.25, -0.2) is 4.79 Å². The number of ether oxygens (including phenoxy) is 1. The molecule has 0 amide bonds. The van der Waals surface area contributed by atoms with Crippen LogP contribution >= 0.6 is 15.9 Å². The number of rotatable bonds is 4. The number of benzene rings is 2. The highest BCUT2D eigenvalue weighted by atomic mass is 79.9. The minimum Gasteiger partial charge on any atom is -0.465 e. The van der Waals surface area contributed by atoms with E-state index in [4.69, 9.17) is 4.42 Å². The van der Waals surface area contributed by atoms with Crippen molar-refractivity contribution in [1.82, 2.24) is 0 Å². The van der Waals surface area contributed by atoms with Crippen molar-refractivity contribution < 1.29 is 27.1 Å². The lowest BCUT2D eigenvalue weighted by molar-refractivity contribution is -0.153. The van der Waals surface area contributed by atoms with Gasteiger partial charge < -0.3 is 9.15 Å². The van der Waals surface area contributed by atoms with Gasteiger partial charge in [0.2, 0.25) is 5.76 Å². The maximum atomic E-state index is 13.5. The Bertz CT molecular complexity index is 945. The number of methoxy groups -OCH3 is 1. The number of esters is 1. The van der Waals surface area contributed by atoms with E-state index in [0.29, 0.717) is 5.56 Å². The molecule has 0 aliphatic rings. The first-order valence-electron chi connectivity index (χ1n) is 7.92. The Morgan fingerprint density at radius 1 is 1.07 bits per heavy atom. The average molecular weight is 439 g/mol. The van der Waals surface area contributed by atoms with Crippen LogP contribution in [0.1, 0.15) is 27.4 Å². The molecule has 0 N–H and O–H groups in total. The molecule has 3 rings (SSSR count). The second-order valence-electron chi connectivity index (χ2n) is 5.76. The van der Waals surface area contributed by atoms with E-state index in [1.54, 1.807) is 54.6 Å². The number of carbonyl (C=O) groups excluding carboxylic acids is 1. The molecule has 3 aromatic rings. The standard InChI is InChI=1S/C20H14BrF3O3/c1-26-19(25)17-16(13-5-3-2-4-6-13)15(27-18(17)20(22,23)24)11-12-7-9-14(21)10-8-12/h2-10H,11H2,1H3. The SMILES string of the molecule is COC(=O)c1c(C(F)(F)F)oc(Cc2ccc(Br)cc2)c1-c1ccccc1. The highest BCUT2D eigenvalue weighted by Gasteiger charge is 2.43. The van der Waals surface area contributed by atoms with Crippen LogP contribution in [0.2, 0.25) is 0 Å². The summed E-state index contributed by atoms with van der Waals surface area (Å²) in [6.07, 6.45) is -4.73. The van der Waals surface area contributed by atoms with E-state index in [9.17, 15) is 18.0 Å². The maximum absolute atomic E-state index is 13.5. The van der Waals surface area contributed by atoms with Gasteiger partial charge in [-0.15, -0.1) is 0 Å². The van der Waals surface area contributed by atoms with E-state index in [0.717, 1.165) is 17.1 Å². The molecule has 140 valence electrons. The number of halogens is 4. The molecule has 1 aromatic heterocycles. The Hall–Kier alpha value is -2.54. The smallest absolute Gasteiger partial charge is 0.450 e. The number of hydrogen-bond donors (Lipinski definition) is 0. The average Bonchev–Trinajstić information content (AvgIpc) is 3.03. The third-order valence-electron chi connectivity index (χ3n) is 3.97. The molecule has 0 unspecified atom stereocenters. The molecule has 7 heteroatoms. The quantitative estimate of drug-likeness (QED) is 0.461. The van der Waals surface area contributed by atoms with Crippen molar-refractivity contribution in [3.63, 3.8) is 0 Å². The van der Waals surface area contributed by atoms with Gasteiger partial charge in [0.15, 0.2) is 0 Å². The molecule has 0 radical (unpaired) electrons. The molecule has 0 spiro atoms. The Morgan fingerprint density at radius 2 is 1.70 bits per heavy atom. The lowest BCUT2D eigenvalue weighted by Gasteiger charge is -2.07. The Morgan fingerprint density at radius 3 is 2.26 bits per heavy atom. The zero-order valence-electron chi connectivity index (χ0n) is 14.1. The van der Waals surface area contributed by atoms with E-state index < -0.39 is 23.5 Å². The summed E-state index contributed by atoms with van der Waals surface area (Å²) in [4.78, 5) is 12.2. The number of alkyl halides is 3. The lowest BCUT2D eigenvalue weighted by atomic mass is 9.97. The molecule has 0 bridgehead atoms. The van der Waals surface area contributed by atoms with Crippen LogP contribution < -0.4 is 0 Å². The van der Waals surface area contributed by atoms with Crippen molar-refractivity contribution in [1.29, 1.82) is 0 Å². The van der Waals surface area contributed by atoms with Crippen molar-refractivity contribution in [2.45, 2.75) is 12.6 Å². The van der Waals surface area contributed by atoms with Crippen LogP contribution in [0.15, 0.2) is 63.5 Å². The summed E-state index contributed by atoms with van der Waals surface area (Å²) in [6, 6.07) is 15.5. The van der Waals surface area contributed by atoms with Crippen LogP contribution in [-0.4, -0.2) is 13.1 Å². The molecule has 0 aliphatic carbocycles. The summed E-state index contributed by atoms with van der Waals surface area (Å²) in [5.74, 6) is -2.39. The highest BCUT2D eigenvalue weighted by molar-refractivity contribution is 9.10. The zero-order valence-corrected chi connectivity index (χ0v) is 15.7. The molecule has 0 saturated carbocycles. The van der Waals surface area contributed by atoms with Gasteiger partial charge in [0, 0.05) is 16.5 Å². The normalized spacial score (nSPS) is 11.4. The monoisotopic (exact) mass is 438 g/mol. The molecule has 2 aromatic carbocycles. The molecule has 0 atom stereocenters. The molecule has 0 fully saturated rings. The molecule has 3 nitrogen and oxygen atoms in total. The maximum Gasteiger partial charge on any atom is 0.450 e. The summed E-state index contributed by atoms with van der Waals surface area (Å²) in [7, 11) is 1.04. The third kappa shape index (κ3) is 4.08. The first-order chi connectivity index (χ1) is 12.8. The molecule has 1 heterocycles. The van der Waals surface area contributed by atoms with E-state index >= 15 is 0 Å². The summed E-state index contributed by atoms with van der Waals surface area (Å²) in [5, 5.41) is 0. The van der Waals surface area contributed by atoms with Crippen molar-refractivity contribution in [3.05, 3.63) is 81.7 Å². The van der Waals surface area contributed by atoms with Gasteiger partial charge in [-0.2, -0.15) is 13.2 Å². The molecule has 27 heavy (non-hydrogen) atoms. The van der Waals surface area contributed by atoms with Gasteiger partial charge >= 0.3 is 12.1 Å². The molecular formula is C20H14BrF3O3. The van der Waals surface area contributed by atoms with E-state index in [1.165, 1.54) is 0 Å². The Balaban J connectivity index is 2.23. The first kappa shape index (κ1) is 19.2. The fourth-order valence-corrected chi connectivity index (χ4v) is 3.06. The third-order valence-corrected chi connectivity index (χ3v) is 4.50. The van der Waals surface area contributed by atoms with Gasteiger partial charge in [-0.05, 0) is 23.3 Å². The van der Waals surface area contributed by atoms with E-state index in [2.05, 4.69) is 20.7 Å². The second kappa shape index (κ2) is 7.60. The van der Waals surface area contributed by atoms with Gasteiger partial charge in [-0.3, -0.25) is 0 Å². The minimum absolute atomic E-state index is 0.0521. The number of furan rings is 1. The Labute approximate surface area is 161 Å². The minimum atomic E-state index is -4.83. The van der Waals surface area contributed by atoms with Gasteiger partial charge in [-0.1, -0.05) is 58.4 Å². The summed E-state index contributed by atoms with van der Waals surface area (Å²) in [6.45, 7) is 0. The van der Waals surface area contributed by atoms with Gasteiger partial charge in [0.25, 0.3) is 0 Å². The predicted octanol–water partition coefficient (Wildman–Crippen LogP) is 6.11. The Kier molecular flexibility index (Phi) is 5.41. The van der Waals surface area contributed by atoms with Crippen LogP contribution in [0.5, 0.6) is 0 Å². The highest BCUT2D eigenvalue weighted by Crippen LogP contribution is 2.42. The lowest BCUT2D eigenvalue weighted by Crippen LogP contribution is -2.12. The second-order valence-corrected chi connectivity index (χ2v) is 6.68. The molecule has 0 saturated heterocycles. The fraction of sp³-hybridized carbons (Fsp3) is 0.150. The number of carbonyl (C=O) groups is 1. The van der Waals surface area contributed by atoms with Crippen LogP contribution in [0, 0.1) is 0 Å². The first-order valence-corrected chi connectivity index (χ1v) is 8.71. The topological polar surface area (TPSA) is 39.4 Å². The van der Waals surface area contributed by atoms with E-state index in [1.807, 2.05) is 0 Å². The molecule has 0 aliphatic heterocycles. The summed E-state index contributed by atoms with van der Waals surface area (Å²) < 4.78 is 51.3. The molecular weight excluding hydrogens is 425 g/mol. The van der Waals surface area contributed by atoms with Gasteiger partial charge in [0.05, 0.1) is 7.11 Å². The van der Waals surface area contributed by atoms with Crippen molar-refractivity contribution in [3.8, 4) is 11.1 Å². The van der Waals surface area contributed by atoms with Crippen molar-refractivity contribution >= 4 is 21.9 Å². The fourth-order valence-electron chi connectivity index (χ4n) is 2.80. The van der Waals surface area contributed by atoms with Crippen molar-refractivity contribution in [2.75, 3.05) is 7.11 Å². The zero-order chi connectivity index (χ0) is 19.6. The predicted molar refractivity (Wildman–Crippen MR) is 97.4 cm³/mol. The van der Waals surface area contributed by atoms with Crippen LogP contribution in [0.25, 0.3) is 11.1 Å².